The van der Waals surface area contributed by atoms with E-state index in [2.05, 4.69) is 27.2 Å². The fourth-order valence-corrected chi connectivity index (χ4v) is 7.06. The van der Waals surface area contributed by atoms with E-state index in [1.807, 2.05) is 65.7 Å². The number of hydrogen-bond donors (Lipinski definition) is 1. The van der Waals surface area contributed by atoms with Gasteiger partial charge in [0.05, 0.1) is 35.1 Å². The van der Waals surface area contributed by atoms with Gasteiger partial charge in [-0.25, -0.2) is 9.97 Å². The van der Waals surface area contributed by atoms with Crippen LogP contribution in [0.15, 0.2) is 72.9 Å². The highest BCUT2D eigenvalue weighted by atomic mass is 32.1. The number of aromatic nitrogens is 4. The molecule has 0 saturated carbocycles. The molecule has 0 atom stereocenters. The Morgan fingerprint density at radius 2 is 1.87 bits per heavy atom. The summed E-state index contributed by atoms with van der Waals surface area (Å²) >= 11 is 1.72. The second kappa shape index (κ2) is 13.1. The summed E-state index contributed by atoms with van der Waals surface area (Å²) in [5.41, 5.74) is 5.05. The Morgan fingerprint density at radius 3 is 2.69 bits per heavy atom. The average molecular weight is 619 g/mol. The summed E-state index contributed by atoms with van der Waals surface area (Å²) < 4.78 is 6.70. The van der Waals surface area contributed by atoms with E-state index in [9.17, 15) is 9.59 Å². The fourth-order valence-electron chi connectivity index (χ4n) is 5.87. The summed E-state index contributed by atoms with van der Waals surface area (Å²) in [6.45, 7) is 4.14. The summed E-state index contributed by atoms with van der Waals surface area (Å²) in [5.74, 6) is 1.77. The minimum atomic E-state index is 0.0430. The van der Waals surface area contributed by atoms with Crippen LogP contribution in [-0.2, 0) is 14.3 Å². The van der Waals surface area contributed by atoms with Gasteiger partial charge >= 0.3 is 0 Å². The van der Waals surface area contributed by atoms with E-state index >= 15 is 0 Å². The van der Waals surface area contributed by atoms with Crippen LogP contribution < -0.4 is 4.90 Å². The third-order valence-corrected chi connectivity index (χ3v) is 9.54. The zero-order valence-electron chi connectivity index (χ0n) is 24.9. The summed E-state index contributed by atoms with van der Waals surface area (Å²) in [5, 5.41) is 8.27. The standard InChI is InChI=1S/C35H34N6O3S/c42-26(13-12-24-6-2-1-3-7-24)8-4-11-32(43)40-16-14-25(15-17-40)31-22-30-33(45-31)35(41-18-20-44-21-19-41)38-34(37-30)27-9-5-10-29-28(27)23-36-39-29/h1-3,5-7,9-10,12-14,22-23H,4,8,11,15-21H2,(H,36,39)/b13-12+. The predicted octanol–water partition coefficient (Wildman–Crippen LogP) is 6.14. The zero-order chi connectivity index (χ0) is 30.6. The number of hydrogen-bond acceptors (Lipinski definition) is 8. The van der Waals surface area contributed by atoms with Gasteiger partial charge in [-0.05, 0) is 42.2 Å². The van der Waals surface area contributed by atoms with Gasteiger partial charge in [-0.3, -0.25) is 14.7 Å². The summed E-state index contributed by atoms with van der Waals surface area (Å²) in [6.07, 6.45) is 9.50. The van der Waals surface area contributed by atoms with Crippen molar-refractivity contribution in [1.29, 1.82) is 0 Å². The van der Waals surface area contributed by atoms with Crippen molar-refractivity contribution in [3.05, 3.63) is 83.4 Å². The smallest absolute Gasteiger partial charge is 0.222 e. The number of nitrogens with one attached hydrogen (secondary N) is 1. The number of ether oxygens (including phenoxy) is 1. The molecule has 1 amide bonds. The molecule has 7 rings (SSSR count). The quantitative estimate of drug-likeness (QED) is 0.198. The first-order valence-corrected chi connectivity index (χ1v) is 16.2. The molecule has 5 aromatic rings. The highest BCUT2D eigenvalue weighted by Crippen LogP contribution is 2.39. The molecule has 0 unspecified atom stereocenters. The van der Waals surface area contributed by atoms with E-state index in [0.29, 0.717) is 51.4 Å². The number of aromatic amines is 1. The first-order chi connectivity index (χ1) is 22.1. The molecule has 9 nitrogen and oxygen atoms in total. The number of benzene rings is 2. The van der Waals surface area contributed by atoms with Gasteiger partial charge in [0, 0.05) is 54.8 Å². The van der Waals surface area contributed by atoms with E-state index < -0.39 is 0 Å². The molecule has 1 N–H and O–H groups in total. The van der Waals surface area contributed by atoms with Crippen molar-refractivity contribution in [2.24, 2.45) is 0 Å². The number of nitrogens with zero attached hydrogens (tertiary/aromatic N) is 5. The topological polar surface area (TPSA) is 104 Å². The fraction of sp³-hybridized carbons (Fsp3) is 0.286. The Balaban J connectivity index is 1.05. The van der Waals surface area contributed by atoms with Gasteiger partial charge in [0.25, 0.3) is 0 Å². The van der Waals surface area contributed by atoms with Crippen molar-refractivity contribution in [1.82, 2.24) is 25.1 Å². The van der Waals surface area contributed by atoms with Crippen LogP contribution in [-0.4, -0.2) is 76.1 Å². The van der Waals surface area contributed by atoms with Crippen LogP contribution in [0, 0.1) is 0 Å². The highest BCUT2D eigenvalue weighted by Gasteiger charge is 2.24. The molecule has 1 saturated heterocycles. The monoisotopic (exact) mass is 618 g/mol. The van der Waals surface area contributed by atoms with Crippen LogP contribution >= 0.6 is 11.3 Å². The van der Waals surface area contributed by atoms with E-state index in [1.54, 1.807) is 17.4 Å². The number of ketones is 1. The molecule has 2 aliphatic rings. The second-order valence-corrected chi connectivity index (χ2v) is 12.4. The molecule has 2 aliphatic heterocycles. The van der Waals surface area contributed by atoms with Crippen molar-refractivity contribution >= 4 is 61.6 Å². The molecular formula is C35H34N6O3S. The maximum Gasteiger partial charge on any atom is 0.222 e. The predicted molar refractivity (Wildman–Crippen MR) is 179 cm³/mol. The third-order valence-electron chi connectivity index (χ3n) is 8.34. The van der Waals surface area contributed by atoms with Crippen molar-refractivity contribution in [3.8, 4) is 11.4 Å². The number of morpholine rings is 1. The van der Waals surface area contributed by atoms with Crippen LogP contribution in [0.1, 0.15) is 36.1 Å². The molecule has 0 radical (unpaired) electrons. The van der Waals surface area contributed by atoms with Crippen LogP contribution in [0.5, 0.6) is 0 Å². The van der Waals surface area contributed by atoms with Crippen molar-refractivity contribution in [2.45, 2.75) is 25.7 Å². The summed E-state index contributed by atoms with van der Waals surface area (Å²) in [4.78, 5) is 40.7. The normalized spacial score (nSPS) is 15.7. The average Bonchev–Trinajstić information content (AvgIpc) is 3.75. The third kappa shape index (κ3) is 6.43. The molecule has 45 heavy (non-hydrogen) atoms. The Bertz CT molecular complexity index is 1900. The zero-order valence-corrected chi connectivity index (χ0v) is 25.8. The van der Waals surface area contributed by atoms with Gasteiger partial charge in [0.2, 0.25) is 5.91 Å². The number of fused-ring (bicyclic) bond motifs is 2. The summed E-state index contributed by atoms with van der Waals surface area (Å²) in [6, 6.07) is 18.0. The lowest BCUT2D eigenvalue weighted by molar-refractivity contribution is -0.130. The van der Waals surface area contributed by atoms with Gasteiger partial charge in [0.15, 0.2) is 17.4 Å². The molecule has 10 heteroatoms. The minimum Gasteiger partial charge on any atom is -0.378 e. The Hall–Kier alpha value is -4.67. The lowest BCUT2D eigenvalue weighted by Crippen LogP contribution is -2.36. The molecular weight excluding hydrogens is 584 g/mol. The number of thiophene rings is 1. The number of amides is 1. The molecule has 0 aliphatic carbocycles. The van der Waals surface area contributed by atoms with Crippen LogP contribution in [0.25, 0.3) is 44.2 Å². The molecule has 0 spiro atoms. The number of H-pyrrole nitrogens is 1. The SMILES string of the molecule is O=C(/C=C/c1ccccc1)CCCC(=O)N1CC=C(c2cc3nc(-c4cccc5[nH]ncc45)nc(N4CCOCC4)c3s2)CC1. The number of carbonyl (C=O) groups is 2. The molecule has 5 heterocycles. The number of rotatable bonds is 9. The maximum atomic E-state index is 12.9. The van der Waals surface area contributed by atoms with E-state index in [1.165, 1.54) is 5.57 Å². The van der Waals surface area contributed by atoms with Crippen LogP contribution in [0.3, 0.4) is 0 Å². The van der Waals surface area contributed by atoms with Crippen molar-refractivity contribution < 1.29 is 14.3 Å². The van der Waals surface area contributed by atoms with E-state index in [4.69, 9.17) is 14.7 Å². The second-order valence-electron chi connectivity index (χ2n) is 11.3. The number of allylic oxidation sites excluding steroid dienone is 1. The Morgan fingerprint density at radius 1 is 1.00 bits per heavy atom. The Kier molecular flexibility index (Phi) is 8.48. The van der Waals surface area contributed by atoms with Gasteiger partial charge in [-0.1, -0.05) is 54.6 Å². The molecule has 2 aromatic carbocycles. The molecule has 228 valence electrons. The Labute approximate surface area is 265 Å². The lowest BCUT2D eigenvalue weighted by atomic mass is 10.1. The largest absolute Gasteiger partial charge is 0.378 e. The van der Waals surface area contributed by atoms with Crippen molar-refractivity contribution in [3.63, 3.8) is 0 Å². The van der Waals surface area contributed by atoms with Gasteiger partial charge in [0.1, 0.15) is 0 Å². The number of carbonyl (C=O) groups excluding carboxylic acids is 2. The number of anilines is 1. The summed E-state index contributed by atoms with van der Waals surface area (Å²) in [7, 11) is 0. The maximum absolute atomic E-state index is 12.9. The first kappa shape index (κ1) is 29.1. The van der Waals surface area contributed by atoms with Crippen LogP contribution in [0.4, 0.5) is 5.82 Å². The van der Waals surface area contributed by atoms with Gasteiger partial charge in [-0.2, -0.15) is 5.10 Å². The molecule has 1 fully saturated rings. The van der Waals surface area contributed by atoms with Gasteiger partial charge in [-0.15, -0.1) is 11.3 Å². The first-order valence-electron chi connectivity index (χ1n) is 15.4. The molecule has 3 aromatic heterocycles. The van der Waals surface area contributed by atoms with E-state index in [-0.39, 0.29) is 11.7 Å². The van der Waals surface area contributed by atoms with Crippen molar-refractivity contribution in [2.75, 3.05) is 44.3 Å². The molecule has 0 bridgehead atoms. The van der Waals surface area contributed by atoms with Gasteiger partial charge < -0.3 is 14.5 Å². The lowest BCUT2D eigenvalue weighted by Gasteiger charge is -2.28. The minimum absolute atomic E-state index is 0.0430. The van der Waals surface area contributed by atoms with E-state index in [0.717, 1.165) is 62.5 Å². The highest BCUT2D eigenvalue weighted by molar-refractivity contribution is 7.20. The van der Waals surface area contributed by atoms with Crippen LogP contribution in [0.2, 0.25) is 0 Å².